The van der Waals surface area contributed by atoms with Gasteiger partial charge in [-0.1, -0.05) is 30.3 Å². The van der Waals surface area contributed by atoms with E-state index in [9.17, 15) is 71.6 Å². The number of halogens is 3. The minimum Gasteiger partial charge on any atom is -0.481 e. The Balaban J connectivity index is 0.00000286. The molecule has 0 saturated carbocycles. The number of H-pyrrole nitrogens is 1. The molecule has 17 N–H and O–H groups in total. The number of hydrogen-bond acceptors (Lipinski definition) is 15. The van der Waals surface area contributed by atoms with Crippen molar-refractivity contribution in [1.29, 1.82) is 0 Å². The Hall–Kier alpha value is -7.24. The highest BCUT2D eigenvalue weighted by molar-refractivity contribution is 5.97. The van der Waals surface area contributed by atoms with Gasteiger partial charge in [0.15, 0.2) is 0 Å². The lowest BCUT2D eigenvalue weighted by Crippen LogP contribution is -2.62. The molecule has 366 valence electrons. The van der Waals surface area contributed by atoms with E-state index >= 15 is 0 Å². The molecule has 0 aliphatic rings. The van der Waals surface area contributed by atoms with Crippen LogP contribution in [0.2, 0.25) is 0 Å². The standard InChI is InChI=1S/C35H51N11O13.C2HF3O2/c1-17(48)28(34(58)43-23(10-19-6-4-3-5-7-19)33(57)46-29(18(2)49)35(59)44-24(15-47)30(37)54)45-26(51)14-40-32(56)22(8-9-27(52)53)42-25(50)13-39-31(55)21(36)11-20-12-38-16-41-20;3-2(4,5)1(6)7/h3-7,12,16-18,21-24,28-29,47-49H,8-11,13-15,36H2,1-2H3,(H2,37,54)(H,38,41)(H,39,55)(H,40,56)(H,42,50)(H,43,58)(H,44,59)(H,45,51)(H,46,57)(H,52,53);(H,6,7). The van der Waals surface area contributed by atoms with E-state index in [1.165, 1.54) is 12.5 Å². The number of carbonyl (C=O) groups excluding carboxylic acids is 8. The van der Waals surface area contributed by atoms with Crippen LogP contribution in [0.3, 0.4) is 0 Å². The van der Waals surface area contributed by atoms with Gasteiger partial charge in [0.2, 0.25) is 47.3 Å². The van der Waals surface area contributed by atoms with E-state index in [4.69, 9.17) is 26.5 Å². The zero-order valence-electron chi connectivity index (χ0n) is 35.2. The first-order valence-corrected chi connectivity index (χ1v) is 19.4. The minimum atomic E-state index is -5.08. The van der Waals surface area contributed by atoms with Crippen LogP contribution < -0.4 is 48.7 Å². The number of primary amides is 1. The second-order valence-corrected chi connectivity index (χ2v) is 14.1. The van der Waals surface area contributed by atoms with Gasteiger partial charge in [-0.3, -0.25) is 43.2 Å². The van der Waals surface area contributed by atoms with E-state index in [0.29, 0.717) is 11.3 Å². The van der Waals surface area contributed by atoms with Crippen molar-refractivity contribution in [2.45, 2.75) is 94.2 Å². The zero-order chi connectivity index (χ0) is 50.3. The minimum absolute atomic E-state index is 0.0820. The van der Waals surface area contributed by atoms with Crippen molar-refractivity contribution in [1.82, 2.24) is 47.2 Å². The molecule has 8 unspecified atom stereocenters. The molecule has 0 bridgehead atoms. The van der Waals surface area contributed by atoms with Crippen molar-refractivity contribution in [3.8, 4) is 0 Å². The van der Waals surface area contributed by atoms with E-state index in [0.717, 1.165) is 13.8 Å². The van der Waals surface area contributed by atoms with Crippen LogP contribution in [0.4, 0.5) is 13.2 Å². The van der Waals surface area contributed by atoms with E-state index in [1.54, 1.807) is 30.3 Å². The molecule has 29 heteroatoms. The van der Waals surface area contributed by atoms with Gasteiger partial charge < -0.3 is 79.2 Å². The maximum atomic E-state index is 13.5. The lowest BCUT2D eigenvalue weighted by atomic mass is 10.0. The summed E-state index contributed by atoms with van der Waals surface area (Å²) in [6, 6.07) is -0.848. The number of imidazole rings is 1. The maximum absolute atomic E-state index is 13.5. The van der Waals surface area contributed by atoms with Crippen LogP contribution in [0.5, 0.6) is 0 Å². The summed E-state index contributed by atoms with van der Waals surface area (Å²) in [7, 11) is 0. The smallest absolute Gasteiger partial charge is 0.481 e. The van der Waals surface area contributed by atoms with Crippen molar-refractivity contribution in [3.63, 3.8) is 0 Å². The number of amides is 8. The Morgan fingerprint density at radius 1 is 0.712 bits per heavy atom. The molecule has 2 aromatic rings. The van der Waals surface area contributed by atoms with Crippen LogP contribution in [-0.4, -0.2) is 169 Å². The molecule has 0 aliphatic heterocycles. The second kappa shape index (κ2) is 27.8. The van der Waals surface area contributed by atoms with Crippen LogP contribution in [0.1, 0.15) is 37.9 Å². The average Bonchev–Trinajstić information content (AvgIpc) is 3.75. The summed E-state index contributed by atoms with van der Waals surface area (Å²) >= 11 is 0. The van der Waals surface area contributed by atoms with E-state index in [-0.39, 0.29) is 12.8 Å². The highest BCUT2D eigenvalue weighted by Gasteiger charge is 2.38. The zero-order valence-corrected chi connectivity index (χ0v) is 35.2. The highest BCUT2D eigenvalue weighted by atomic mass is 19.4. The number of benzene rings is 1. The number of aliphatic carboxylic acids is 2. The van der Waals surface area contributed by atoms with Crippen LogP contribution in [0.15, 0.2) is 42.9 Å². The lowest BCUT2D eigenvalue weighted by molar-refractivity contribution is -0.192. The van der Waals surface area contributed by atoms with Gasteiger partial charge in [-0.2, -0.15) is 13.2 Å². The largest absolute Gasteiger partial charge is 0.490 e. The molecule has 0 aliphatic carbocycles. The summed E-state index contributed by atoms with van der Waals surface area (Å²) in [6.07, 6.45) is -6.50. The van der Waals surface area contributed by atoms with Crippen molar-refractivity contribution >= 4 is 59.2 Å². The summed E-state index contributed by atoms with van der Waals surface area (Å²) < 4.78 is 31.7. The summed E-state index contributed by atoms with van der Waals surface area (Å²) in [5.41, 5.74) is 12.1. The maximum Gasteiger partial charge on any atom is 0.490 e. The normalized spacial score (nSPS) is 14.6. The third-order valence-electron chi connectivity index (χ3n) is 8.62. The van der Waals surface area contributed by atoms with Crippen molar-refractivity contribution in [3.05, 3.63) is 54.1 Å². The number of carboxylic acids is 2. The van der Waals surface area contributed by atoms with Crippen LogP contribution >= 0.6 is 0 Å². The number of carboxylic acid groups (broad SMARTS) is 2. The van der Waals surface area contributed by atoms with Crippen molar-refractivity contribution < 1.29 is 86.6 Å². The molecule has 2 rings (SSSR count). The molecule has 1 aromatic heterocycles. The predicted molar refractivity (Wildman–Crippen MR) is 216 cm³/mol. The number of alkyl halides is 3. The van der Waals surface area contributed by atoms with E-state index in [1.807, 2.05) is 0 Å². The SMILES string of the molecule is CC(O)C(NC(=O)CNC(=O)C(CCC(=O)O)NC(=O)CNC(=O)C(N)Cc1cnc[nH]1)C(=O)NC(Cc1ccccc1)C(=O)NC(C(=O)NC(CO)C(N)=O)C(C)O.O=C(O)C(F)(F)F. The molecule has 8 atom stereocenters. The van der Waals surface area contributed by atoms with E-state index < -0.39 is 146 Å². The average molecular weight is 948 g/mol. The summed E-state index contributed by atoms with van der Waals surface area (Å²) in [6.45, 7) is -0.0609. The number of carbonyl (C=O) groups is 10. The van der Waals surface area contributed by atoms with Gasteiger partial charge in [0.05, 0.1) is 44.3 Å². The number of aromatic nitrogens is 2. The van der Waals surface area contributed by atoms with Crippen LogP contribution in [0, 0.1) is 0 Å². The van der Waals surface area contributed by atoms with Crippen molar-refractivity contribution in [2.24, 2.45) is 11.5 Å². The fraction of sp³-hybridized carbons (Fsp3) is 0.486. The predicted octanol–water partition coefficient (Wildman–Crippen LogP) is -6.08. The quantitative estimate of drug-likeness (QED) is 0.0440. The summed E-state index contributed by atoms with van der Waals surface area (Å²) in [5.74, 6) is -12.0. The summed E-state index contributed by atoms with van der Waals surface area (Å²) in [5, 5.41) is 62.1. The van der Waals surface area contributed by atoms with Gasteiger partial charge in [-0.15, -0.1) is 0 Å². The Labute approximate surface area is 372 Å². The van der Waals surface area contributed by atoms with Gasteiger partial charge in [-0.05, 0) is 25.8 Å². The molecular weight excluding hydrogens is 895 g/mol. The molecule has 0 spiro atoms. The fourth-order valence-corrected chi connectivity index (χ4v) is 5.17. The molecular formula is C37H52F3N11O15. The van der Waals surface area contributed by atoms with Crippen LogP contribution in [-0.2, 0) is 60.8 Å². The van der Waals surface area contributed by atoms with Gasteiger partial charge >= 0.3 is 18.1 Å². The summed E-state index contributed by atoms with van der Waals surface area (Å²) in [4.78, 5) is 129. The van der Waals surface area contributed by atoms with Crippen LogP contribution in [0.25, 0.3) is 0 Å². The van der Waals surface area contributed by atoms with Gasteiger partial charge in [0.1, 0.15) is 30.2 Å². The molecule has 1 aromatic carbocycles. The molecule has 66 heavy (non-hydrogen) atoms. The second-order valence-electron chi connectivity index (χ2n) is 14.1. The fourth-order valence-electron chi connectivity index (χ4n) is 5.17. The Morgan fingerprint density at radius 2 is 1.23 bits per heavy atom. The number of aliphatic hydroxyl groups is 3. The molecule has 0 radical (unpaired) electrons. The first-order valence-electron chi connectivity index (χ1n) is 19.4. The number of nitrogens with one attached hydrogen (secondary N) is 8. The van der Waals surface area contributed by atoms with Gasteiger partial charge in [0, 0.05) is 31.2 Å². The van der Waals surface area contributed by atoms with Crippen molar-refractivity contribution in [2.75, 3.05) is 19.7 Å². The number of hydrogen-bond donors (Lipinski definition) is 15. The monoisotopic (exact) mass is 947 g/mol. The molecule has 0 saturated heterocycles. The first kappa shape index (κ1) is 56.8. The van der Waals surface area contributed by atoms with Gasteiger partial charge in [0.25, 0.3) is 0 Å². The molecule has 0 fully saturated rings. The molecule has 8 amide bonds. The Morgan fingerprint density at radius 3 is 1.70 bits per heavy atom. The Bertz CT molecular complexity index is 1970. The highest BCUT2D eigenvalue weighted by Crippen LogP contribution is 2.13. The number of rotatable bonds is 25. The molecule has 1 heterocycles. The number of nitrogens with two attached hydrogens (primary N) is 2. The Kier molecular flexibility index (Phi) is 23.9. The third-order valence-corrected chi connectivity index (χ3v) is 8.62. The number of aliphatic hydroxyl groups excluding tert-OH is 3. The number of nitrogens with zero attached hydrogens (tertiary/aromatic N) is 1. The van der Waals surface area contributed by atoms with E-state index in [2.05, 4.69) is 47.2 Å². The first-order chi connectivity index (χ1) is 30.8. The topological polar surface area (TPSA) is 437 Å². The van der Waals surface area contributed by atoms with Gasteiger partial charge in [-0.25, -0.2) is 9.78 Å². The third kappa shape index (κ3) is 21.4. The lowest BCUT2D eigenvalue weighted by Gasteiger charge is -2.28. The number of aromatic amines is 1. The molecule has 26 nitrogen and oxygen atoms in total.